The van der Waals surface area contributed by atoms with Crippen LogP contribution in [0.15, 0.2) is 41.4 Å². The summed E-state index contributed by atoms with van der Waals surface area (Å²) in [5.74, 6) is -0.484. The summed E-state index contributed by atoms with van der Waals surface area (Å²) in [6, 6.07) is 7.50. The molecule has 0 aliphatic carbocycles. The number of aromatic amines is 1. The van der Waals surface area contributed by atoms with Crippen LogP contribution >= 0.6 is 0 Å². The number of benzene rings is 1. The maximum Gasteiger partial charge on any atom is 0.294 e. The number of nitrogens with zero attached hydrogens (tertiary/aromatic N) is 1. The highest BCUT2D eigenvalue weighted by Crippen LogP contribution is 2.08. The lowest BCUT2D eigenvalue weighted by molar-refractivity contribution is 0.0995. The fraction of sp³-hybridized carbons (Fsp3) is 0.0909. The highest BCUT2D eigenvalue weighted by Gasteiger charge is 2.06. The third kappa shape index (κ3) is 4.90. The number of nitrogens with two attached hydrogens (primary N) is 1. The second-order valence-corrected chi connectivity index (χ2v) is 5.04. The van der Waals surface area contributed by atoms with Crippen LogP contribution in [0, 0.1) is 6.92 Å². The molecule has 4 N–H and O–H groups in total. The summed E-state index contributed by atoms with van der Waals surface area (Å²) in [7, 11) is -4.02. The zero-order valence-corrected chi connectivity index (χ0v) is 10.9. The summed E-state index contributed by atoms with van der Waals surface area (Å²) in [6.07, 6.45) is 1.47. The predicted molar refractivity (Wildman–Crippen MR) is 68.1 cm³/mol. The molecule has 19 heavy (non-hydrogen) atoms. The first-order valence-electron chi connectivity index (χ1n) is 5.14. The van der Waals surface area contributed by atoms with Crippen LogP contribution in [-0.2, 0) is 10.1 Å². The van der Waals surface area contributed by atoms with Crippen LogP contribution in [0.25, 0.3) is 0 Å². The molecule has 2 rings (SSSR count). The minimum absolute atomic E-state index is 0.0666. The lowest BCUT2D eigenvalue weighted by Gasteiger charge is -1.95. The molecule has 2 aromatic rings. The van der Waals surface area contributed by atoms with Gasteiger partial charge in [0, 0.05) is 6.20 Å². The topological polar surface area (TPSA) is 126 Å². The smallest absolute Gasteiger partial charge is 0.294 e. The summed E-state index contributed by atoms with van der Waals surface area (Å²) in [4.78, 5) is 10.1. The number of hydrogen-bond donors (Lipinski definition) is 3. The van der Waals surface area contributed by atoms with E-state index in [0.29, 0.717) is 5.69 Å². The number of carbonyl (C=O) groups excluding carboxylic acids is 1. The Morgan fingerprint density at radius 2 is 1.84 bits per heavy atom. The highest BCUT2D eigenvalue weighted by molar-refractivity contribution is 7.85. The number of hydrogen-bond acceptors (Lipinski definition) is 4. The number of primary amides is 1. The predicted octanol–water partition coefficient (Wildman–Crippen LogP) is 0.750. The first-order valence-corrected chi connectivity index (χ1v) is 6.58. The number of carbonyl (C=O) groups is 1. The molecule has 7 nitrogen and oxygen atoms in total. The molecule has 0 aliphatic rings. The van der Waals surface area contributed by atoms with Gasteiger partial charge in [0.2, 0.25) is 0 Å². The number of nitrogens with one attached hydrogen (secondary N) is 1. The zero-order chi connectivity index (χ0) is 14.5. The van der Waals surface area contributed by atoms with E-state index >= 15 is 0 Å². The molecule has 0 fully saturated rings. The average molecular weight is 283 g/mol. The largest absolute Gasteiger partial charge is 0.364 e. The van der Waals surface area contributed by atoms with Crippen molar-refractivity contribution in [2.75, 3.05) is 0 Å². The number of aryl methyl sites for hydroxylation is 1. The third-order valence-corrected chi connectivity index (χ3v) is 2.95. The van der Waals surface area contributed by atoms with Crippen molar-refractivity contribution in [2.24, 2.45) is 5.73 Å². The number of amides is 1. The second kappa shape index (κ2) is 6.12. The lowest BCUT2D eigenvalue weighted by atomic mass is 10.2. The van der Waals surface area contributed by atoms with E-state index < -0.39 is 16.0 Å². The van der Waals surface area contributed by atoms with Gasteiger partial charge in [-0.15, -0.1) is 0 Å². The van der Waals surface area contributed by atoms with Gasteiger partial charge in [-0.25, -0.2) is 0 Å². The summed E-state index contributed by atoms with van der Waals surface area (Å²) in [5, 5.41) is 5.93. The minimum atomic E-state index is -4.02. The summed E-state index contributed by atoms with van der Waals surface area (Å²) >= 11 is 0. The van der Waals surface area contributed by atoms with Crippen LogP contribution in [0.5, 0.6) is 0 Å². The minimum Gasteiger partial charge on any atom is -0.364 e. The number of H-pyrrole nitrogens is 1. The molecule has 0 radical (unpaired) electrons. The van der Waals surface area contributed by atoms with Gasteiger partial charge in [-0.1, -0.05) is 17.7 Å². The monoisotopic (exact) mass is 283 g/mol. The summed E-state index contributed by atoms with van der Waals surface area (Å²) in [6.45, 7) is 1.84. The van der Waals surface area contributed by atoms with Crippen LogP contribution in [0.4, 0.5) is 0 Å². The van der Waals surface area contributed by atoms with Gasteiger partial charge in [-0.05, 0) is 25.1 Å². The van der Waals surface area contributed by atoms with Crippen LogP contribution in [-0.4, -0.2) is 29.1 Å². The fourth-order valence-electron chi connectivity index (χ4n) is 1.10. The first kappa shape index (κ1) is 14.9. The summed E-state index contributed by atoms with van der Waals surface area (Å²) < 4.78 is 29.6. The molecule has 1 aromatic carbocycles. The van der Waals surface area contributed by atoms with Gasteiger partial charge in [0.25, 0.3) is 16.0 Å². The Balaban J connectivity index is 0.000000200. The highest BCUT2D eigenvalue weighted by atomic mass is 32.2. The van der Waals surface area contributed by atoms with Crippen molar-refractivity contribution in [1.29, 1.82) is 0 Å². The molecule has 0 saturated carbocycles. The fourth-order valence-corrected chi connectivity index (χ4v) is 1.58. The number of rotatable bonds is 2. The summed E-state index contributed by atoms with van der Waals surface area (Å²) in [5.41, 5.74) is 6.14. The van der Waals surface area contributed by atoms with Gasteiger partial charge < -0.3 is 5.73 Å². The third-order valence-electron chi connectivity index (χ3n) is 2.09. The standard InChI is InChI=1S/C7H8O3S.C4H5N3O/c1-6-2-4-7(5-3-6)11(8,9)10;5-4(8)3-1-2-6-7-3/h2-5H,1H3,(H,8,9,10);1-2H,(H2,5,8)(H,6,7). The molecule has 8 heteroatoms. The van der Waals surface area contributed by atoms with Gasteiger partial charge in [-0.2, -0.15) is 13.5 Å². The normalized spacial score (nSPS) is 10.4. The van der Waals surface area contributed by atoms with Gasteiger partial charge in [0.05, 0.1) is 4.90 Å². The SMILES string of the molecule is Cc1ccc(S(=O)(=O)O)cc1.NC(=O)c1ccn[nH]1. The Morgan fingerprint density at radius 3 is 2.16 bits per heavy atom. The van der Waals surface area contributed by atoms with Crippen LogP contribution in [0.3, 0.4) is 0 Å². The Hall–Kier alpha value is -2.19. The van der Waals surface area contributed by atoms with E-state index in [1.165, 1.54) is 24.4 Å². The zero-order valence-electron chi connectivity index (χ0n) is 10.1. The molecule has 0 unspecified atom stereocenters. The van der Waals surface area contributed by atoms with E-state index in [9.17, 15) is 13.2 Å². The van der Waals surface area contributed by atoms with E-state index in [1.807, 2.05) is 6.92 Å². The second-order valence-electron chi connectivity index (χ2n) is 3.62. The van der Waals surface area contributed by atoms with Crippen molar-refractivity contribution < 1.29 is 17.8 Å². The van der Waals surface area contributed by atoms with Gasteiger partial charge in [0.1, 0.15) is 5.69 Å². The molecule has 1 aromatic heterocycles. The van der Waals surface area contributed by atoms with Crippen molar-refractivity contribution in [2.45, 2.75) is 11.8 Å². The van der Waals surface area contributed by atoms with Crippen molar-refractivity contribution in [3.63, 3.8) is 0 Å². The number of aromatic nitrogens is 2. The molecular formula is C11H13N3O4S. The maximum absolute atomic E-state index is 10.5. The molecule has 1 heterocycles. The molecule has 0 saturated heterocycles. The van der Waals surface area contributed by atoms with Crippen molar-refractivity contribution in [3.05, 3.63) is 47.8 Å². The van der Waals surface area contributed by atoms with Crippen LogP contribution < -0.4 is 5.73 Å². The molecule has 0 bridgehead atoms. The van der Waals surface area contributed by atoms with Gasteiger partial charge in [0.15, 0.2) is 0 Å². The molecular weight excluding hydrogens is 270 g/mol. The van der Waals surface area contributed by atoms with Gasteiger partial charge >= 0.3 is 0 Å². The Kier molecular flexibility index (Phi) is 4.79. The molecule has 0 atom stereocenters. The molecule has 0 spiro atoms. The lowest BCUT2D eigenvalue weighted by Crippen LogP contribution is -2.10. The van der Waals surface area contributed by atoms with Crippen LogP contribution in [0.1, 0.15) is 16.1 Å². The maximum atomic E-state index is 10.5. The van der Waals surface area contributed by atoms with Gasteiger partial charge in [-0.3, -0.25) is 14.4 Å². The van der Waals surface area contributed by atoms with E-state index in [0.717, 1.165) is 5.56 Å². The van der Waals surface area contributed by atoms with E-state index in [1.54, 1.807) is 12.1 Å². The van der Waals surface area contributed by atoms with Crippen molar-refractivity contribution in [1.82, 2.24) is 10.2 Å². The van der Waals surface area contributed by atoms with Crippen molar-refractivity contribution in [3.8, 4) is 0 Å². The Labute approximate surface area is 110 Å². The van der Waals surface area contributed by atoms with Crippen molar-refractivity contribution >= 4 is 16.0 Å². The Bertz CT molecular complexity index is 633. The van der Waals surface area contributed by atoms with E-state index in [-0.39, 0.29) is 4.90 Å². The molecule has 102 valence electrons. The molecule has 1 amide bonds. The van der Waals surface area contributed by atoms with E-state index in [4.69, 9.17) is 10.3 Å². The van der Waals surface area contributed by atoms with E-state index in [2.05, 4.69) is 10.2 Å². The van der Waals surface area contributed by atoms with Crippen LogP contribution in [0.2, 0.25) is 0 Å². The Morgan fingerprint density at radius 1 is 1.26 bits per heavy atom. The molecule has 0 aliphatic heterocycles. The first-order chi connectivity index (χ1) is 8.80. The average Bonchev–Trinajstić information content (AvgIpc) is 2.82. The quantitative estimate of drug-likeness (QED) is 0.701.